The Kier molecular flexibility index (Phi) is 9.08. The van der Waals surface area contributed by atoms with Crippen molar-refractivity contribution in [1.82, 2.24) is 0 Å². The molecule has 0 spiro atoms. The van der Waals surface area contributed by atoms with E-state index in [-0.39, 0.29) is 12.5 Å². The summed E-state index contributed by atoms with van der Waals surface area (Å²) in [5.74, 6) is 0.351. The topological polar surface area (TPSA) is 84.6 Å². The van der Waals surface area contributed by atoms with Crippen LogP contribution in [0.5, 0.6) is 5.75 Å². The van der Waals surface area contributed by atoms with Crippen LogP contribution in [0.4, 0.5) is 11.4 Å². The van der Waals surface area contributed by atoms with Crippen molar-refractivity contribution in [2.75, 3.05) is 11.1 Å². The first kappa shape index (κ1) is 25.3. The number of aliphatic hydroxyl groups excluding tert-OH is 1. The van der Waals surface area contributed by atoms with Gasteiger partial charge in [-0.25, -0.2) is 0 Å². The number of amides is 1. The molecule has 1 amide bonds. The Morgan fingerprint density at radius 2 is 1.82 bits per heavy atom. The predicted octanol–water partition coefficient (Wildman–Crippen LogP) is 6.26. The van der Waals surface area contributed by atoms with Crippen molar-refractivity contribution < 1.29 is 14.6 Å². The minimum Gasteiger partial charge on any atom is -0.488 e. The summed E-state index contributed by atoms with van der Waals surface area (Å²) in [6, 6.07) is 18.7. The highest BCUT2D eigenvalue weighted by Crippen LogP contribution is 2.31. The smallest absolute Gasteiger partial charge is 0.248 e. The number of ether oxygens (including phenoxy) is 1. The summed E-state index contributed by atoms with van der Waals surface area (Å²) in [4.78, 5) is 12.5. The van der Waals surface area contributed by atoms with E-state index in [0.29, 0.717) is 30.2 Å². The molecule has 0 aliphatic carbocycles. The van der Waals surface area contributed by atoms with Gasteiger partial charge in [-0.2, -0.15) is 0 Å². The van der Waals surface area contributed by atoms with Gasteiger partial charge in [-0.05, 0) is 61.7 Å². The molecular formula is C28H29BrN2O3. The van der Waals surface area contributed by atoms with E-state index < -0.39 is 0 Å². The molecule has 3 aromatic rings. The quantitative estimate of drug-likeness (QED) is 0.176. The largest absolute Gasteiger partial charge is 0.488 e. The zero-order valence-corrected chi connectivity index (χ0v) is 20.9. The SMILES string of the molecule is CC(C)=CCc1c(CO)ccc(/C=C/C(=O)Nc2ccccc2N)c1OCc1ccc(Br)cc1. The summed E-state index contributed by atoms with van der Waals surface area (Å²) in [6.45, 7) is 4.32. The lowest BCUT2D eigenvalue weighted by molar-refractivity contribution is -0.111. The molecular weight excluding hydrogens is 492 g/mol. The van der Waals surface area contributed by atoms with Crippen LogP contribution in [-0.2, 0) is 24.4 Å². The van der Waals surface area contributed by atoms with Crippen molar-refractivity contribution in [2.24, 2.45) is 0 Å². The maximum absolute atomic E-state index is 12.5. The molecule has 6 heteroatoms. The van der Waals surface area contributed by atoms with Crippen LogP contribution in [0, 0.1) is 0 Å². The molecule has 4 N–H and O–H groups in total. The van der Waals surface area contributed by atoms with E-state index in [9.17, 15) is 9.90 Å². The third-order valence-electron chi connectivity index (χ3n) is 5.20. The Labute approximate surface area is 209 Å². The fourth-order valence-electron chi connectivity index (χ4n) is 3.35. The van der Waals surface area contributed by atoms with Crippen molar-refractivity contribution in [2.45, 2.75) is 33.5 Å². The van der Waals surface area contributed by atoms with Gasteiger partial charge in [-0.1, -0.05) is 64.0 Å². The minimum atomic E-state index is -0.297. The lowest BCUT2D eigenvalue weighted by Crippen LogP contribution is -2.09. The first-order chi connectivity index (χ1) is 16.4. The van der Waals surface area contributed by atoms with Gasteiger partial charge < -0.3 is 20.9 Å². The van der Waals surface area contributed by atoms with E-state index in [1.165, 1.54) is 11.6 Å². The van der Waals surface area contributed by atoms with E-state index in [1.807, 2.05) is 62.4 Å². The highest BCUT2D eigenvalue weighted by Gasteiger charge is 2.14. The number of carbonyl (C=O) groups is 1. The van der Waals surface area contributed by atoms with Gasteiger partial charge in [-0.15, -0.1) is 0 Å². The number of carbonyl (C=O) groups excluding carboxylic acids is 1. The lowest BCUT2D eigenvalue weighted by Gasteiger charge is -2.17. The maximum Gasteiger partial charge on any atom is 0.248 e. The van der Waals surface area contributed by atoms with Crippen LogP contribution in [0.3, 0.4) is 0 Å². The molecule has 0 heterocycles. The molecule has 34 heavy (non-hydrogen) atoms. The molecule has 0 fully saturated rings. The molecule has 0 aliphatic rings. The van der Waals surface area contributed by atoms with Gasteiger partial charge in [0.05, 0.1) is 18.0 Å². The number of para-hydroxylation sites is 2. The Balaban J connectivity index is 1.92. The molecule has 0 saturated carbocycles. The summed E-state index contributed by atoms with van der Waals surface area (Å²) in [6.07, 6.45) is 5.89. The first-order valence-corrected chi connectivity index (χ1v) is 11.8. The number of nitrogens with two attached hydrogens (primary N) is 1. The van der Waals surface area contributed by atoms with Crippen LogP contribution >= 0.6 is 15.9 Å². The van der Waals surface area contributed by atoms with Crippen molar-refractivity contribution in [3.63, 3.8) is 0 Å². The summed E-state index contributed by atoms with van der Waals surface area (Å²) in [7, 11) is 0. The van der Waals surface area contributed by atoms with Gasteiger partial charge in [0, 0.05) is 21.7 Å². The third-order valence-corrected chi connectivity index (χ3v) is 5.73. The zero-order chi connectivity index (χ0) is 24.5. The number of aliphatic hydroxyl groups is 1. The number of nitrogens with one attached hydrogen (secondary N) is 1. The van der Waals surface area contributed by atoms with E-state index >= 15 is 0 Å². The molecule has 0 radical (unpaired) electrons. The molecule has 0 saturated heterocycles. The number of anilines is 2. The number of nitrogen functional groups attached to an aromatic ring is 1. The monoisotopic (exact) mass is 520 g/mol. The number of benzene rings is 3. The van der Waals surface area contributed by atoms with Crippen molar-refractivity contribution in [1.29, 1.82) is 0 Å². The second-order valence-electron chi connectivity index (χ2n) is 8.09. The van der Waals surface area contributed by atoms with Gasteiger partial charge in [0.15, 0.2) is 0 Å². The van der Waals surface area contributed by atoms with Crippen LogP contribution in [0.2, 0.25) is 0 Å². The Morgan fingerprint density at radius 1 is 1.09 bits per heavy atom. The van der Waals surface area contributed by atoms with Gasteiger partial charge in [0.2, 0.25) is 5.91 Å². The van der Waals surface area contributed by atoms with Gasteiger partial charge >= 0.3 is 0 Å². The number of rotatable bonds is 9. The Hall–Kier alpha value is -3.35. The second-order valence-corrected chi connectivity index (χ2v) is 9.01. The summed E-state index contributed by atoms with van der Waals surface area (Å²) in [5, 5.41) is 12.7. The number of allylic oxidation sites excluding steroid dienone is 2. The average Bonchev–Trinajstić information content (AvgIpc) is 2.82. The van der Waals surface area contributed by atoms with E-state index in [4.69, 9.17) is 10.5 Å². The fraction of sp³-hybridized carbons (Fsp3) is 0.179. The predicted molar refractivity (Wildman–Crippen MR) is 142 cm³/mol. The van der Waals surface area contributed by atoms with Crippen LogP contribution in [0.1, 0.15) is 36.1 Å². The number of halogens is 1. The number of hydrogen-bond acceptors (Lipinski definition) is 4. The van der Waals surface area contributed by atoms with E-state index in [0.717, 1.165) is 26.7 Å². The molecule has 0 unspecified atom stereocenters. The van der Waals surface area contributed by atoms with Crippen molar-refractivity contribution >= 4 is 39.3 Å². The lowest BCUT2D eigenvalue weighted by atomic mass is 9.98. The Bertz CT molecular complexity index is 1200. The summed E-state index contributed by atoms with van der Waals surface area (Å²) < 4.78 is 7.28. The highest BCUT2D eigenvalue weighted by atomic mass is 79.9. The molecule has 0 atom stereocenters. The van der Waals surface area contributed by atoms with Gasteiger partial charge in [0.25, 0.3) is 0 Å². The van der Waals surface area contributed by atoms with Crippen LogP contribution < -0.4 is 15.8 Å². The van der Waals surface area contributed by atoms with Crippen LogP contribution in [0.15, 0.2) is 82.9 Å². The van der Waals surface area contributed by atoms with Gasteiger partial charge in [-0.3, -0.25) is 4.79 Å². The molecule has 0 bridgehead atoms. The van der Waals surface area contributed by atoms with E-state index in [2.05, 4.69) is 27.3 Å². The Morgan fingerprint density at radius 3 is 2.50 bits per heavy atom. The normalized spacial score (nSPS) is 10.8. The zero-order valence-electron chi connectivity index (χ0n) is 19.3. The van der Waals surface area contributed by atoms with Crippen molar-refractivity contribution in [3.05, 3.63) is 105 Å². The number of hydrogen-bond donors (Lipinski definition) is 3. The second kappa shape index (κ2) is 12.2. The minimum absolute atomic E-state index is 0.0989. The average molecular weight is 521 g/mol. The highest BCUT2D eigenvalue weighted by molar-refractivity contribution is 9.10. The molecule has 5 nitrogen and oxygen atoms in total. The maximum atomic E-state index is 12.5. The summed E-state index contributed by atoms with van der Waals surface area (Å²) >= 11 is 3.45. The molecule has 0 aliphatic heterocycles. The fourth-order valence-corrected chi connectivity index (χ4v) is 3.62. The van der Waals surface area contributed by atoms with E-state index in [1.54, 1.807) is 18.2 Å². The van der Waals surface area contributed by atoms with Crippen LogP contribution in [-0.4, -0.2) is 11.0 Å². The molecule has 3 aromatic carbocycles. The first-order valence-electron chi connectivity index (χ1n) is 11.0. The molecule has 176 valence electrons. The summed E-state index contributed by atoms with van der Waals surface area (Å²) in [5.41, 5.74) is 11.6. The third kappa shape index (κ3) is 7.07. The molecule has 0 aromatic heterocycles. The van der Waals surface area contributed by atoms with Gasteiger partial charge in [0.1, 0.15) is 12.4 Å². The van der Waals surface area contributed by atoms with Crippen molar-refractivity contribution in [3.8, 4) is 5.75 Å². The molecule has 3 rings (SSSR count). The standard InChI is InChI=1S/C28H29BrN2O3/c1-19(2)7-15-24-22(17-32)11-10-21(28(24)34-18-20-8-13-23(29)14-9-20)12-16-27(33)31-26-6-4-3-5-25(26)30/h3-14,16,32H,15,17-18,30H2,1-2H3,(H,31,33)/b16-12+. The van der Waals surface area contributed by atoms with Crippen LogP contribution in [0.25, 0.3) is 6.08 Å².